The van der Waals surface area contributed by atoms with E-state index in [4.69, 9.17) is 49.1 Å². The van der Waals surface area contributed by atoms with Crippen molar-refractivity contribution in [3.05, 3.63) is 160 Å². The number of hydrogen-bond acceptors (Lipinski definition) is 7. The summed E-state index contributed by atoms with van der Waals surface area (Å²) in [6.45, 7) is 1.81. The van der Waals surface area contributed by atoms with Crippen LogP contribution >= 0.6 is 34.8 Å². The quantitative estimate of drug-likeness (QED) is 0.0384. The van der Waals surface area contributed by atoms with Gasteiger partial charge in [-0.15, -0.1) is 0 Å². The van der Waals surface area contributed by atoms with Crippen LogP contribution in [0.5, 0.6) is 5.75 Å². The number of carbonyl (C=O) groups excluding carboxylic acids is 2. The fraction of sp³-hybridized carbons (Fsp3) is 0.0769. The average molecular weight is 729 g/mol. The number of amides is 1. The second-order valence-electron chi connectivity index (χ2n) is 10.3. The molecule has 0 fully saturated rings. The number of nitrogens with zero attached hydrogens (tertiary/aromatic N) is 2. The molecular weight excluding hydrogens is 697 g/mol. The molecule has 0 spiro atoms. The van der Waals surface area contributed by atoms with Crippen molar-refractivity contribution in [2.45, 2.75) is 6.92 Å². The lowest BCUT2D eigenvalue weighted by molar-refractivity contribution is -0.133. The van der Waals surface area contributed by atoms with Crippen LogP contribution < -0.4 is 10.2 Å². The zero-order valence-corrected chi connectivity index (χ0v) is 29.5. The molecule has 0 atom stereocenters. The minimum atomic E-state index is -0.531. The van der Waals surface area contributed by atoms with E-state index in [0.29, 0.717) is 38.3 Å². The maximum atomic E-state index is 12.4. The molecular formula is C39H32Cl3N3O5. The molecule has 254 valence electrons. The minimum absolute atomic E-state index is 0.175. The first-order valence-electron chi connectivity index (χ1n) is 15.0. The summed E-state index contributed by atoms with van der Waals surface area (Å²) in [4.78, 5) is 33.9. The van der Waals surface area contributed by atoms with Gasteiger partial charge in [0.25, 0.3) is 5.91 Å². The second kappa shape index (κ2) is 19.0. The van der Waals surface area contributed by atoms with Crippen molar-refractivity contribution < 1.29 is 23.9 Å². The normalized spacial score (nSPS) is 11.3. The summed E-state index contributed by atoms with van der Waals surface area (Å²) in [6, 6.07) is 32.7. The number of esters is 1. The highest BCUT2D eigenvalue weighted by Crippen LogP contribution is 2.30. The Labute approximate surface area is 305 Å². The number of halogens is 3. The predicted molar refractivity (Wildman–Crippen MR) is 202 cm³/mol. The number of nitrogens with one attached hydrogen (secondary N) is 1. The molecule has 0 unspecified atom stereocenters. The predicted octanol–water partition coefficient (Wildman–Crippen LogP) is 10.3. The zero-order valence-electron chi connectivity index (χ0n) is 27.3. The average Bonchev–Trinajstić information content (AvgIpc) is 3.13. The van der Waals surface area contributed by atoms with E-state index in [9.17, 15) is 9.59 Å². The number of hydrogen-bond donors (Lipinski definition) is 1. The highest BCUT2D eigenvalue weighted by molar-refractivity contribution is 6.33. The van der Waals surface area contributed by atoms with Gasteiger partial charge >= 0.3 is 5.97 Å². The summed E-state index contributed by atoms with van der Waals surface area (Å²) < 4.78 is 9.78. The van der Waals surface area contributed by atoms with E-state index in [-0.39, 0.29) is 16.6 Å². The van der Waals surface area contributed by atoms with Crippen LogP contribution in [0.4, 0.5) is 5.69 Å². The molecule has 5 aromatic rings. The van der Waals surface area contributed by atoms with Gasteiger partial charge < -0.3 is 19.6 Å². The van der Waals surface area contributed by atoms with Gasteiger partial charge in [0, 0.05) is 33.1 Å². The van der Waals surface area contributed by atoms with Gasteiger partial charge in [0.2, 0.25) is 0 Å². The third kappa shape index (κ3) is 10.8. The lowest BCUT2D eigenvalue weighted by Crippen LogP contribution is -2.13. The van der Waals surface area contributed by atoms with Crippen LogP contribution in [-0.2, 0) is 14.3 Å². The molecule has 0 radical (unpaired) electrons. The molecule has 8 nitrogen and oxygen atoms in total. The van der Waals surface area contributed by atoms with Crippen molar-refractivity contribution in [1.82, 2.24) is 4.98 Å². The highest BCUT2D eigenvalue weighted by atomic mass is 35.5. The number of oxime groups is 1. The summed E-state index contributed by atoms with van der Waals surface area (Å²) in [5, 5.41) is 8.51. The van der Waals surface area contributed by atoms with Crippen LogP contribution in [0.25, 0.3) is 22.8 Å². The lowest BCUT2D eigenvalue weighted by atomic mass is 10.0. The minimum Gasteiger partial charge on any atom is -0.503 e. The van der Waals surface area contributed by atoms with Gasteiger partial charge in [0.05, 0.1) is 31.8 Å². The summed E-state index contributed by atoms with van der Waals surface area (Å²) in [5.74, 6) is -0.425. The Kier molecular flexibility index (Phi) is 14.2. The van der Waals surface area contributed by atoms with Crippen LogP contribution in [0.15, 0.2) is 133 Å². The number of methoxy groups -OCH3 is 2. The fourth-order valence-electron chi connectivity index (χ4n) is 4.38. The Morgan fingerprint density at radius 3 is 2.10 bits per heavy atom. The third-order valence-electron chi connectivity index (χ3n) is 6.83. The molecule has 1 aromatic heterocycles. The maximum Gasteiger partial charge on any atom is 0.341 e. The first-order chi connectivity index (χ1) is 24.2. The Morgan fingerprint density at radius 1 is 0.780 bits per heavy atom. The highest BCUT2D eigenvalue weighted by Gasteiger charge is 2.18. The van der Waals surface area contributed by atoms with Crippen LogP contribution in [0.1, 0.15) is 28.4 Å². The van der Waals surface area contributed by atoms with E-state index in [2.05, 4.69) is 15.5 Å². The Bertz CT molecular complexity index is 2010. The summed E-state index contributed by atoms with van der Waals surface area (Å²) in [6.07, 6.45) is 6.57. The van der Waals surface area contributed by atoms with E-state index >= 15 is 0 Å². The van der Waals surface area contributed by atoms with E-state index in [1.165, 1.54) is 20.5 Å². The summed E-state index contributed by atoms with van der Waals surface area (Å²) in [5.41, 5.74) is 5.28. The molecule has 0 aliphatic carbocycles. The molecule has 11 heteroatoms. The number of pyridine rings is 1. The largest absolute Gasteiger partial charge is 0.503 e. The molecule has 5 rings (SSSR count). The van der Waals surface area contributed by atoms with Gasteiger partial charge in [0.1, 0.15) is 10.7 Å². The zero-order chi connectivity index (χ0) is 35.9. The van der Waals surface area contributed by atoms with Gasteiger partial charge in [-0.25, -0.2) is 9.78 Å². The molecule has 0 aliphatic heterocycles. The van der Waals surface area contributed by atoms with Gasteiger partial charge in [-0.05, 0) is 72.7 Å². The van der Waals surface area contributed by atoms with E-state index in [1.54, 1.807) is 49.5 Å². The number of benzene rings is 4. The van der Waals surface area contributed by atoms with Gasteiger partial charge in [-0.2, -0.15) is 0 Å². The van der Waals surface area contributed by atoms with E-state index in [1.807, 2.05) is 84.9 Å². The lowest BCUT2D eigenvalue weighted by Gasteiger charge is -2.12. The first-order valence-corrected chi connectivity index (χ1v) is 16.2. The van der Waals surface area contributed by atoms with Crippen molar-refractivity contribution >= 4 is 69.7 Å². The standard InChI is InChI=1S/C21H20ClNO4.C18H12Cl2N2O/c1-15(8-9-16-10-12-17(22)13-11-16)23-27-20-7-5-4-6-18(20)19(14-25-2)21(24)26-3;19-13-9-7-12(8-10-13)14-4-1-2-6-16(14)22-18(23)15-5-3-11-21-17(15)20/h4-14H,1-3H3;1-11H,(H,22,23)/b9-8+,19-14+,23-15+;. The number of rotatable bonds is 10. The molecule has 0 bridgehead atoms. The number of aromatic nitrogens is 1. The summed E-state index contributed by atoms with van der Waals surface area (Å²) in [7, 11) is 2.76. The van der Waals surface area contributed by atoms with Gasteiger partial charge in [0.15, 0.2) is 5.75 Å². The maximum absolute atomic E-state index is 12.4. The van der Waals surface area contributed by atoms with E-state index in [0.717, 1.165) is 16.7 Å². The molecule has 0 aliphatic rings. The molecule has 0 saturated carbocycles. The van der Waals surface area contributed by atoms with E-state index < -0.39 is 5.97 Å². The summed E-state index contributed by atoms with van der Waals surface area (Å²) >= 11 is 17.8. The monoisotopic (exact) mass is 727 g/mol. The van der Waals surface area contributed by atoms with Gasteiger partial charge in [-0.3, -0.25) is 4.79 Å². The van der Waals surface area contributed by atoms with Crippen molar-refractivity contribution in [3.8, 4) is 16.9 Å². The van der Waals surface area contributed by atoms with Crippen LogP contribution in [0.3, 0.4) is 0 Å². The molecule has 4 aromatic carbocycles. The molecule has 0 saturated heterocycles. The van der Waals surface area contributed by atoms with Crippen molar-refractivity contribution in [1.29, 1.82) is 0 Å². The molecule has 1 N–H and O–H groups in total. The number of ether oxygens (including phenoxy) is 2. The molecule has 50 heavy (non-hydrogen) atoms. The van der Waals surface area contributed by atoms with Crippen molar-refractivity contribution in [2.24, 2.45) is 5.16 Å². The Morgan fingerprint density at radius 2 is 1.42 bits per heavy atom. The van der Waals surface area contributed by atoms with Crippen molar-refractivity contribution in [2.75, 3.05) is 19.5 Å². The fourth-order valence-corrected chi connectivity index (χ4v) is 4.84. The number of allylic oxidation sites excluding steroid dienone is 1. The molecule has 1 heterocycles. The van der Waals surface area contributed by atoms with Gasteiger partial charge in [-0.1, -0.05) is 107 Å². The second-order valence-corrected chi connectivity index (χ2v) is 11.5. The Balaban J connectivity index is 0.000000227. The topological polar surface area (TPSA) is 99.1 Å². The first kappa shape index (κ1) is 37.4. The number of carbonyl (C=O) groups is 2. The van der Waals surface area contributed by atoms with Crippen LogP contribution in [0, 0.1) is 0 Å². The van der Waals surface area contributed by atoms with Crippen LogP contribution in [0.2, 0.25) is 15.2 Å². The SMILES string of the molecule is CO/C=C(/C(=O)OC)c1ccccc1O/N=C(C)/C=C/c1ccc(Cl)cc1.O=C(Nc1ccccc1-c1ccc(Cl)cc1)c1cccnc1Cl. The Hall–Kier alpha value is -5.41. The molecule has 1 amide bonds. The number of para-hydroxylation sites is 2. The number of anilines is 1. The smallest absolute Gasteiger partial charge is 0.341 e. The van der Waals surface area contributed by atoms with Crippen LogP contribution in [-0.4, -0.2) is 36.8 Å². The van der Waals surface area contributed by atoms with Crippen molar-refractivity contribution in [3.63, 3.8) is 0 Å². The third-order valence-corrected chi connectivity index (χ3v) is 7.63.